The van der Waals surface area contributed by atoms with Crippen LogP contribution in [0, 0.1) is 0 Å². The van der Waals surface area contributed by atoms with Gasteiger partial charge in [-0.05, 0) is 6.42 Å². The summed E-state index contributed by atoms with van der Waals surface area (Å²) >= 11 is 0. The van der Waals surface area contributed by atoms with Crippen molar-refractivity contribution in [3.63, 3.8) is 0 Å². The zero-order valence-corrected chi connectivity index (χ0v) is 10.4. The van der Waals surface area contributed by atoms with E-state index in [4.69, 9.17) is 0 Å². The molecule has 0 bridgehead atoms. The van der Waals surface area contributed by atoms with E-state index in [1.807, 2.05) is 13.1 Å². The molecule has 0 aliphatic rings. The topological polar surface area (TPSA) is 55.6 Å². The van der Waals surface area contributed by atoms with Crippen LogP contribution in [0.3, 0.4) is 0 Å². The van der Waals surface area contributed by atoms with Crippen molar-refractivity contribution in [2.75, 3.05) is 11.9 Å². The number of aryl methyl sites for hydroxylation is 1. The number of anilines is 1. The van der Waals surface area contributed by atoms with Crippen LogP contribution in [0.1, 0.15) is 19.8 Å². The lowest BCUT2D eigenvalue weighted by molar-refractivity contribution is -0.131. The van der Waals surface area contributed by atoms with Gasteiger partial charge >= 0.3 is 6.18 Å². The number of fused-ring (bicyclic) bond motifs is 1. The standard InChI is InChI=1S/C11H14F3N5/c1-2-5-19-7-8-6-16-10(17-9(8)18-19)15-4-3-11(12,13)14/h6-7H,2-5H2,1H3,(H,15,17,18). The molecule has 0 amide bonds. The van der Waals surface area contributed by atoms with Crippen molar-refractivity contribution in [1.29, 1.82) is 0 Å². The van der Waals surface area contributed by atoms with Gasteiger partial charge in [-0.2, -0.15) is 23.3 Å². The third-order valence-electron chi connectivity index (χ3n) is 2.45. The largest absolute Gasteiger partial charge is 0.390 e. The number of nitrogens with zero attached hydrogens (tertiary/aromatic N) is 4. The van der Waals surface area contributed by atoms with E-state index in [2.05, 4.69) is 20.4 Å². The van der Waals surface area contributed by atoms with Crippen LogP contribution in [0.5, 0.6) is 0 Å². The average molecular weight is 273 g/mol. The fraction of sp³-hybridized carbons (Fsp3) is 0.545. The van der Waals surface area contributed by atoms with Crippen LogP contribution in [0.25, 0.3) is 11.0 Å². The summed E-state index contributed by atoms with van der Waals surface area (Å²) in [4.78, 5) is 8.03. The predicted molar refractivity (Wildman–Crippen MR) is 64.8 cm³/mol. The molecule has 2 rings (SSSR count). The second-order valence-electron chi connectivity index (χ2n) is 4.16. The summed E-state index contributed by atoms with van der Waals surface area (Å²) < 4.78 is 37.8. The number of aromatic nitrogens is 4. The van der Waals surface area contributed by atoms with Crippen LogP contribution in [-0.2, 0) is 6.54 Å². The van der Waals surface area contributed by atoms with Crippen LogP contribution in [0.4, 0.5) is 19.1 Å². The molecule has 2 heterocycles. The molecule has 0 spiro atoms. The molecule has 0 radical (unpaired) electrons. The highest BCUT2D eigenvalue weighted by atomic mass is 19.4. The van der Waals surface area contributed by atoms with Crippen molar-refractivity contribution in [2.24, 2.45) is 0 Å². The van der Waals surface area contributed by atoms with Crippen LogP contribution >= 0.6 is 0 Å². The summed E-state index contributed by atoms with van der Waals surface area (Å²) in [6.45, 7) is 2.56. The van der Waals surface area contributed by atoms with Crippen LogP contribution < -0.4 is 5.32 Å². The molecule has 1 N–H and O–H groups in total. The Morgan fingerprint density at radius 2 is 2.16 bits per heavy atom. The van der Waals surface area contributed by atoms with E-state index in [9.17, 15) is 13.2 Å². The summed E-state index contributed by atoms with van der Waals surface area (Å²) in [6.07, 6.45) is -0.785. The first-order valence-electron chi connectivity index (χ1n) is 5.99. The van der Waals surface area contributed by atoms with Gasteiger partial charge in [-0.3, -0.25) is 4.68 Å². The molecule has 0 aromatic carbocycles. The van der Waals surface area contributed by atoms with Crippen molar-refractivity contribution < 1.29 is 13.2 Å². The quantitative estimate of drug-likeness (QED) is 0.909. The molecule has 2 aromatic rings. The first-order valence-corrected chi connectivity index (χ1v) is 5.99. The van der Waals surface area contributed by atoms with Gasteiger partial charge in [0.15, 0.2) is 5.65 Å². The van der Waals surface area contributed by atoms with Crippen molar-refractivity contribution in [3.05, 3.63) is 12.4 Å². The van der Waals surface area contributed by atoms with Gasteiger partial charge in [0.2, 0.25) is 5.95 Å². The summed E-state index contributed by atoms with van der Waals surface area (Å²) in [5, 5.41) is 7.54. The Kier molecular flexibility index (Phi) is 3.87. The molecule has 2 aromatic heterocycles. The zero-order chi connectivity index (χ0) is 13.9. The molecule has 104 valence electrons. The monoisotopic (exact) mass is 273 g/mol. The Hall–Kier alpha value is -1.86. The minimum Gasteiger partial charge on any atom is -0.354 e. The fourth-order valence-electron chi connectivity index (χ4n) is 1.61. The Morgan fingerprint density at radius 3 is 2.84 bits per heavy atom. The van der Waals surface area contributed by atoms with E-state index in [0.29, 0.717) is 5.65 Å². The molecular weight excluding hydrogens is 259 g/mol. The average Bonchev–Trinajstić information content (AvgIpc) is 2.69. The van der Waals surface area contributed by atoms with Crippen LogP contribution in [0.2, 0.25) is 0 Å². The molecule has 5 nitrogen and oxygen atoms in total. The molecule has 8 heteroatoms. The second kappa shape index (κ2) is 5.41. The molecular formula is C11H14F3N5. The molecule has 0 atom stereocenters. The lowest BCUT2D eigenvalue weighted by atomic mass is 10.4. The van der Waals surface area contributed by atoms with Gasteiger partial charge in [0, 0.05) is 25.5 Å². The molecule has 19 heavy (non-hydrogen) atoms. The predicted octanol–water partition coefficient (Wildman–Crippen LogP) is 2.60. The highest BCUT2D eigenvalue weighted by Crippen LogP contribution is 2.19. The molecule has 0 saturated carbocycles. The molecule has 0 saturated heterocycles. The van der Waals surface area contributed by atoms with Gasteiger partial charge in [-0.25, -0.2) is 4.98 Å². The summed E-state index contributed by atoms with van der Waals surface area (Å²) in [5.74, 6) is 0.165. The number of alkyl halides is 3. The molecule has 0 aliphatic carbocycles. The van der Waals surface area contributed by atoms with E-state index in [-0.39, 0.29) is 12.5 Å². The molecule has 0 aliphatic heterocycles. The Balaban J connectivity index is 2.04. The number of nitrogens with one attached hydrogen (secondary N) is 1. The Morgan fingerprint density at radius 1 is 1.37 bits per heavy atom. The van der Waals surface area contributed by atoms with Gasteiger partial charge in [0.1, 0.15) is 0 Å². The third-order valence-corrected chi connectivity index (χ3v) is 2.45. The minimum absolute atomic E-state index is 0.165. The number of rotatable bonds is 5. The van der Waals surface area contributed by atoms with Crippen molar-refractivity contribution >= 4 is 17.0 Å². The number of halogens is 3. The van der Waals surface area contributed by atoms with E-state index in [0.717, 1.165) is 18.4 Å². The second-order valence-corrected chi connectivity index (χ2v) is 4.16. The van der Waals surface area contributed by atoms with Gasteiger partial charge in [-0.15, -0.1) is 0 Å². The minimum atomic E-state index is -4.18. The maximum Gasteiger partial charge on any atom is 0.390 e. The third kappa shape index (κ3) is 3.80. The molecule has 0 fully saturated rings. The number of hydrogen-bond donors (Lipinski definition) is 1. The van der Waals surface area contributed by atoms with E-state index >= 15 is 0 Å². The Bertz CT molecular complexity index is 549. The highest BCUT2D eigenvalue weighted by molar-refractivity contribution is 5.73. The smallest absolute Gasteiger partial charge is 0.354 e. The maximum atomic E-state index is 12.0. The van der Waals surface area contributed by atoms with Gasteiger partial charge in [0.25, 0.3) is 0 Å². The van der Waals surface area contributed by atoms with Crippen molar-refractivity contribution in [3.8, 4) is 0 Å². The first kappa shape index (κ1) is 13.6. The number of hydrogen-bond acceptors (Lipinski definition) is 4. The summed E-state index contributed by atoms with van der Waals surface area (Å²) in [5.41, 5.74) is 0.484. The normalized spacial score (nSPS) is 12.0. The fourth-order valence-corrected chi connectivity index (χ4v) is 1.61. The maximum absolute atomic E-state index is 12.0. The van der Waals surface area contributed by atoms with Crippen LogP contribution in [-0.4, -0.2) is 32.5 Å². The first-order chi connectivity index (χ1) is 8.98. The van der Waals surface area contributed by atoms with Crippen LogP contribution in [0.15, 0.2) is 12.4 Å². The lowest BCUT2D eigenvalue weighted by Crippen LogP contribution is -2.15. The lowest BCUT2D eigenvalue weighted by Gasteiger charge is -2.06. The summed E-state index contributed by atoms with van der Waals surface area (Å²) in [7, 11) is 0. The van der Waals surface area contributed by atoms with Crippen molar-refractivity contribution in [2.45, 2.75) is 32.5 Å². The van der Waals surface area contributed by atoms with Gasteiger partial charge in [-0.1, -0.05) is 6.92 Å². The Labute approximate surface area is 107 Å². The van der Waals surface area contributed by atoms with Gasteiger partial charge < -0.3 is 5.32 Å². The zero-order valence-electron chi connectivity index (χ0n) is 10.4. The molecule has 0 unspecified atom stereocenters. The van der Waals surface area contributed by atoms with Crippen molar-refractivity contribution in [1.82, 2.24) is 19.7 Å². The van der Waals surface area contributed by atoms with E-state index in [1.165, 1.54) is 0 Å². The highest BCUT2D eigenvalue weighted by Gasteiger charge is 2.26. The van der Waals surface area contributed by atoms with Gasteiger partial charge in [0.05, 0.1) is 11.8 Å². The van der Waals surface area contributed by atoms with E-state index in [1.54, 1.807) is 10.9 Å². The SMILES string of the molecule is CCCn1cc2cnc(NCCC(F)(F)F)nc2n1. The van der Waals surface area contributed by atoms with E-state index < -0.39 is 12.6 Å². The summed E-state index contributed by atoms with van der Waals surface area (Å²) in [6, 6.07) is 0.